The summed E-state index contributed by atoms with van der Waals surface area (Å²) in [4.78, 5) is 22.6. The quantitative estimate of drug-likeness (QED) is 0.430. The molecule has 98 valence electrons. The third kappa shape index (κ3) is 3.98. The van der Waals surface area contributed by atoms with Crippen molar-refractivity contribution in [3.63, 3.8) is 0 Å². The van der Waals surface area contributed by atoms with Crippen molar-refractivity contribution in [3.05, 3.63) is 0 Å². The van der Waals surface area contributed by atoms with Gasteiger partial charge < -0.3 is 22.1 Å². The summed E-state index contributed by atoms with van der Waals surface area (Å²) >= 11 is 0. The van der Waals surface area contributed by atoms with E-state index in [9.17, 15) is 9.59 Å². The third-order valence-electron chi connectivity index (χ3n) is 3.27. The monoisotopic (exact) mass is 242 g/mol. The number of rotatable bonds is 8. The first kappa shape index (κ1) is 13.9. The Kier molecular flexibility index (Phi) is 4.47. The van der Waals surface area contributed by atoms with Gasteiger partial charge in [-0.3, -0.25) is 9.59 Å². The smallest absolute Gasteiger partial charge is 0.237 e. The number of nitrogens with two attached hydrogens (primary N) is 2. The van der Waals surface area contributed by atoms with Crippen LogP contribution in [0, 0.1) is 0 Å². The summed E-state index contributed by atoms with van der Waals surface area (Å²) < 4.78 is 0. The van der Waals surface area contributed by atoms with Crippen molar-refractivity contribution >= 4 is 11.8 Å². The fourth-order valence-electron chi connectivity index (χ4n) is 1.81. The van der Waals surface area contributed by atoms with E-state index in [1.54, 1.807) is 14.0 Å². The highest BCUT2D eigenvalue weighted by Crippen LogP contribution is 2.25. The van der Waals surface area contributed by atoms with E-state index in [2.05, 4.69) is 10.6 Å². The van der Waals surface area contributed by atoms with Crippen molar-refractivity contribution in [2.24, 2.45) is 11.5 Å². The number of hydrogen-bond acceptors (Lipinski definition) is 4. The zero-order valence-electron chi connectivity index (χ0n) is 10.5. The summed E-state index contributed by atoms with van der Waals surface area (Å²) in [6.07, 6.45) is 3.14. The van der Waals surface area contributed by atoms with Crippen LogP contribution in [0.15, 0.2) is 0 Å². The van der Waals surface area contributed by atoms with Gasteiger partial charge in [-0.15, -0.1) is 0 Å². The van der Waals surface area contributed by atoms with E-state index in [0.717, 1.165) is 12.8 Å². The molecule has 6 nitrogen and oxygen atoms in total. The minimum absolute atomic E-state index is 0.383. The summed E-state index contributed by atoms with van der Waals surface area (Å²) in [6.45, 7) is 1.78. The maximum Gasteiger partial charge on any atom is 0.237 e. The molecule has 1 saturated carbocycles. The lowest BCUT2D eigenvalue weighted by molar-refractivity contribution is -0.125. The van der Waals surface area contributed by atoms with Crippen LogP contribution in [0.3, 0.4) is 0 Å². The first-order valence-electron chi connectivity index (χ1n) is 5.93. The molecule has 0 aliphatic heterocycles. The van der Waals surface area contributed by atoms with Crippen LogP contribution in [0.25, 0.3) is 0 Å². The van der Waals surface area contributed by atoms with Crippen LogP contribution in [0.2, 0.25) is 0 Å². The second kappa shape index (κ2) is 5.46. The predicted octanol–water partition coefficient (Wildman–Crippen LogP) is -1.16. The van der Waals surface area contributed by atoms with Gasteiger partial charge in [-0.25, -0.2) is 0 Å². The Morgan fingerprint density at radius 2 is 2.00 bits per heavy atom. The highest BCUT2D eigenvalue weighted by atomic mass is 16.2. The van der Waals surface area contributed by atoms with Gasteiger partial charge >= 0.3 is 0 Å². The highest BCUT2D eigenvalue weighted by Gasteiger charge is 2.37. The molecule has 0 saturated heterocycles. The molecule has 17 heavy (non-hydrogen) atoms. The van der Waals surface area contributed by atoms with Gasteiger partial charge in [0.25, 0.3) is 0 Å². The van der Waals surface area contributed by atoms with Crippen LogP contribution in [-0.2, 0) is 9.59 Å². The maximum absolute atomic E-state index is 11.5. The molecule has 0 radical (unpaired) electrons. The Morgan fingerprint density at radius 1 is 1.41 bits per heavy atom. The van der Waals surface area contributed by atoms with Gasteiger partial charge in [-0.1, -0.05) is 0 Å². The first-order valence-corrected chi connectivity index (χ1v) is 5.93. The number of nitrogens with one attached hydrogen (secondary N) is 2. The molecule has 6 heteroatoms. The number of amides is 2. The maximum atomic E-state index is 11.5. The zero-order chi connectivity index (χ0) is 13.1. The number of likely N-dealkylation sites (N-methyl/N-ethyl adjacent to an activating group) is 1. The Balaban J connectivity index is 2.53. The molecule has 2 amide bonds. The Hall–Kier alpha value is -1.14. The molecule has 6 N–H and O–H groups in total. The molecule has 2 unspecified atom stereocenters. The molecule has 1 aliphatic carbocycles. The molecule has 1 aliphatic rings. The van der Waals surface area contributed by atoms with Gasteiger partial charge in [-0.05, 0) is 39.7 Å². The number of primary amides is 2. The molecule has 0 spiro atoms. The van der Waals surface area contributed by atoms with Crippen molar-refractivity contribution in [2.75, 3.05) is 7.05 Å². The minimum Gasteiger partial charge on any atom is -0.368 e. The summed E-state index contributed by atoms with van der Waals surface area (Å²) in [5.74, 6) is -0.797. The minimum atomic E-state index is -0.758. The van der Waals surface area contributed by atoms with Crippen LogP contribution in [0.4, 0.5) is 0 Å². The molecule has 0 aromatic heterocycles. The Morgan fingerprint density at radius 3 is 2.35 bits per heavy atom. The van der Waals surface area contributed by atoms with Crippen LogP contribution in [-0.4, -0.2) is 36.5 Å². The second-order valence-electron chi connectivity index (χ2n) is 4.90. The van der Waals surface area contributed by atoms with Crippen molar-refractivity contribution in [1.82, 2.24) is 10.6 Å². The van der Waals surface area contributed by atoms with E-state index in [1.807, 2.05) is 0 Å². The fourth-order valence-corrected chi connectivity index (χ4v) is 1.81. The summed E-state index contributed by atoms with van der Waals surface area (Å²) in [5.41, 5.74) is 9.88. The molecule has 0 heterocycles. The van der Waals surface area contributed by atoms with E-state index in [1.165, 1.54) is 0 Å². The molecular formula is C11H22N4O2. The lowest BCUT2D eigenvalue weighted by Gasteiger charge is -2.29. The second-order valence-corrected chi connectivity index (χ2v) is 4.90. The third-order valence-corrected chi connectivity index (χ3v) is 3.27. The van der Waals surface area contributed by atoms with E-state index >= 15 is 0 Å². The SMILES string of the molecule is CNC(CCC(C)(NC1CC1)C(N)=O)C(N)=O. The summed E-state index contributed by atoms with van der Waals surface area (Å²) in [5, 5.41) is 6.06. The fraction of sp³-hybridized carbons (Fsp3) is 0.818. The van der Waals surface area contributed by atoms with Gasteiger partial charge in [0.05, 0.1) is 11.6 Å². The molecule has 0 aromatic rings. The van der Waals surface area contributed by atoms with Crippen molar-refractivity contribution in [2.45, 2.75) is 50.2 Å². The lowest BCUT2D eigenvalue weighted by Crippen LogP contribution is -2.55. The largest absolute Gasteiger partial charge is 0.368 e. The van der Waals surface area contributed by atoms with Crippen molar-refractivity contribution in [3.8, 4) is 0 Å². The lowest BCUT2D eigenvalue weighted by atomic mass is 9.92. The normalized spacial score (nSPS) is 20.6. The van der Waals surface area contributed by atoms with Gasteiger partial charge in [0.1, 0.15) is 0 Å². The van der Waals surface area contributed by atoms with E-state index < -0.39 is 17.5 Å². The van der Waals surface area contributed by atoms with Crippen LogP contribution < -0.4 is 22.1 Å². The van der Waals surface area contributed by atoms with Crippen LogP contribution >= 0.6 is 0 Å². The topological polar surface area (TPSA) is 110 Å². The number of hydrogen-bond donors (Lipinski definition) is 4. The van der Waals surface area contributed by atoms with Crippen LogP contribution in [0.1, 0.15) is 32.6 Å². The zero-order valence-corrected chi connectivity index (χ0v) is 10.5. The summed E-state index contributed by atoms with van der Waals surface area (Å²) in [6, 6.07) is -0.0382. The predicted molar refractivity (Wildman–Crippen MR) is 65.0 cm³/mol. The molecule has 0 bridgehead atoms. The molecule has 0 aromatic carbocycles. The average Bonchev–Trinajstić information content (AvgIpc) is 3.01. The van der Waals surface area contributed by atoms with Crippen molar-refractivity contribution in [1.29, 1.82) is 0 Å². The van der Waals surface area contributed by atoms with Gasteiger partial charge in [0.15, 0.2) is 0 Å². The Labute approximate surface area is 101 Å². The standard InChI is InChI=1S/C11H22N4O2/c1-11(10(13)17,15-7-3-4-7)6-5-8(14-2)9(12)16/h7-8,14-15H,3-6H2,1-2H3,(H2,12,16)(H2,13,17). The molecule has 2 atom stereocenters. The van der Waals surface area contributed by atoms with Crippen LogP contribution in [0.5, 0.6) is 0 Å². The Bertz CT molecular complexity index is 304. The number of carbonyl (C=O) groups is 2. The van der Waals surface area contributed by atoms with E-state index in [0.29, 0.717) is 18.9 Å². The van der Waals surface area contributed by atoms with Gasteiger partial charge in [0, 0.05) is 6.04 Å². The van der Waals surface area contributed by atoms with Gasteiger partial charge in [-0.2, -0.15) is 0 Å². The molecule has 1 rings (SSSR count). The van der Waals surface area contributed by atoms with Crippen molar-refractivity contribution < 1.29 is 9.59 Å². The average molecular weight is 242 g/mol. The van der Waals surface area contributed by atoms with E-state index in [4.69, 9.17) is 11.5 Å². The first-order chi connectivity index (χ1) is 7.89. The number of carbonyl (C=O) groups excluding carboxylic acids is 2. The summed E-state index contributed by atoms with van der Waals surface area (Å²) in [7, 11) is 1.67. The molecule has 1 fully saturated rings. The highest BCUT2D eigenvalue weighted by molar-refractivity contribution is 5.84. The molecular weight excluding hydrogens is 220 g/mol. The van der Waals surface area contributed by atoms with Gasteiger partial charge in [0.2, 0.25) is 11.8 Å². The van der Waals surface area contributed by atoms with E-state index in [-0.39, 0.29) is 5.91 Å².